The number of fused-ring (bicyclic) bond motifs is 1. The predicted octanol–water partition coefficient (Wildman–Crippen LogP) is 5.77. The number of rotatable bonds is 4. The van der Waals surface area contributed by atoms with Crippen LogP contribution in [0.4, 0.5) is 0 Å². The van der Waals surface area contributed by atoms with Crippen molar-refractivity contribution < 1.29 is 4.42 Å². The number of aromatic nitrogens is 2. The highest BCUT2D eigenvalue weighted by Crippen LogP contribution is 2.40. The highest BCUT2D eigenvalue weighted by atomic mass is 79.9. The van der Waals surface area contributed by atoms with Crippen LogP contribution in [0.1, 0.15) is 27.3 Å². The average molecular weight is 458 g/mol. The highest BCUT2D eigenvalue weighted by Gasteiger charge is 2.31. The van der Waals surface area contributed by atoms with Gasteiger partial charge in [-0.3, -0.25) is 4.90 Å². The first-order valence-electron chi connectivity index (χ1n) is 8.70. The summed E-state index contributed by atoms with van der Waals surface area (Å²) in [6, 6.07) is 14.8. The summed E-state index contributed by atoms with van der Waals surface area (Å²) in [4.78, 5) is 5.30. The zero-order valence-electron chi connectivity index (χ0n) is 14.3. The molecule has 0 saturated carbocycles. The Kier molecular flexibility index (Phi) is 4.69. The van der Waals surface area contributed by atoms with E-state index in [1.54, 1.807) is 11.3 Å². The molecule has 0 spiro atoms. The first-order chi connectivity index (χ1) is 13.3. The Morgan fingerprint density at radius 3 is 2.78 bits per heavy atom. The second kappa shape index (κ2) is 7.31. The van der Waals surface area contributed by atoms with Gasteiger partial charge in [0.05, 0.1) is 12.6 Å². The molecule has 0 unspecified atom stereocenters. The molecule has 0 radical (unpaired) electrons. The van der Waals surface area contributed by atoms with E-state index in [0.717, 1.165) is 23.0 Å². The Bertz CT molecular complexity index is 1040. The largest absolute Gasteiger partial charge is 0.419 e. The fraction of sp³-hybridized carbons (Fsp3) is 0.200. The smallest absolute Gasteiger partial charge is 0.247 e. The van der Waals surface area contributed by atoms with Gasteiger partial charge >= 0.3 is 0 Å². The van der Waals surface area contributed by atoms with Crippen molar-refractivity contribution >= 4 is 38.6 Å². The van der Waals surface area contributed by atoms with Gasteiger partial charge in [0.2, 0.25) is 11.8 Å². The van der Waals surface area contributed by atoms with E-state index in [4.69, 9.17) is 4.42 Å². The average Bonchev–Trinajstić information content (AvgIpc) is 3.44. The van der Waals surface area contributed by atoms with Gasteiger partial charge < -0.3 is 4.42 Å². The van der Waals surface area contributed by atoms with E-state index >= 15 is 0 Å². The Morgan fingerprint density at radius 1 is 1.07 bits per heavy atom. The number of hydrogen-bond donors (Lipinski definition) is 0. The van der Waals surface area contributed by atoms with Gasteiger partial charge in [-0.1, -0.05) is 22.0 Å². The lowest BCUT2D eigenvalue weighted by atomic mass is 9.98. The van der Waals surface area contributed by atoms with Crippen molar-refractivity contribution in [1.29, 1.82) is 0 Å². The molecule has 0 saturated heterocycles. The zero-order chi connectivity index (χ0) is 18.2. The fourth-order valence-electron chi connectivity index (χ4n) is 3.52. The minimum atomic E-state index is 0.267. The molecular weight excluding hydrogens is 442 g/mol. The SMILES string of the molecule is Brc1ccc(-c2nnc(CN3CCc4sccc4[C@@H]3c3cccs3)o2)cc1. The molecule has 4 nitrogen and oxygen atoms in total. The van der Waals surface area contributed by atoms with E-state index in [0.29, 0.717) is 18.3 Å². The van der Waals surface area contributed by atoms with Crippen LogP contribution in [0.5, 0.6) is 0 Å². The normalized spacial score (nSPS) is 17.1. The predicted molar refractivity (Wildman–Crippen MR) is 112 cm³/mol. The Morgan fingerprint density at radius 2 is 1.96 bits per heavy atom. The lowest BCUT2D eigenvalue weighted by Crippen LogP contribution is -2.34. The monoisotopic (exact) mass is 457 g/mol. The Labute approximate surface area is 173 Å². The molecule has 0 N–H and O–H groups in total. The van der Waals surface area contributed by atoms with Gasteiger partial charge in [-0.05, 0) is 59.1 Å². The lowest BCUT2D eigenvalue weighted by Gasteiger charge is -2.34. The van der Waals surface area contributed by atoms with Crippen LogP contribution in [0.15, 0.2) is 62.1 Å². The van der Waals surface area contributed by atoms with Crippen molar-refractivity contribution in [2.75, 3.05) is 6.54 Å². The Balaban J connectivity index is 1.42. The zero-order valence-corrected chi connectivity index (χ0v) is 17.6. The van der Waals surface area contributed by atoms with E-state index in [9.17, 15) is 0 Å². The summed E-state index contributed by atoms with van der Waals surface area (Å²) in [5.41, 5.74) is 2.35. The third kappa shape index (κ3) is 3.40. The standard InChI is InChI=1S/C20H16BrN3OS2/c21-14-5-3-13(4-6-14)20-23-22-18(25-20)12-24-9-7-16-15(8-11-27-16)19(24)17-2-1-10-26-17/h1-6,8,10-11,19H,7,9,12H2/t19-/m1/s1. The van der Waals surface area contributed by atoms with Gasteiger partial charge in [-0.15, -0.1) is 32.9 Å². The molecule has 0 fully saturated rings. The minimum absolute atomic E-state index is 0.267. The van der Waals surface area contributed by atoms with Gasteiger partial charge in [0.15, 0.2) is 0 Å². The summed E-state index contributed by atoms with van der Waals surface area (Å²) in [6.07, 6.45) is 1.07. The first-order valence-corrected chi connectivity index (χ1v) is 11.3. The third-order valence-electron chi connectivity index (χ3n) is 4.77. The maximum absolute atomic E-state index is 5.97. The van der Waals surface area contributed by atoms with Gasteiger partial charge in [0.1, 0.15) is 0 Å². The van der Waals surface area contributed by atoms with Crippen molar-refractivity contribution in [3.05, 3.63) is 78.9 Å². The lowest BCUT2D eigenvalue weighted by molar-refractivity contribution is 0.189. The molecule has 1 atom stereocenters. The van der Waals surface area contributed by atoms with Gasteiger partial charge in [-0.25, -0.2) is 0 Å². The van der Waals surface area contributed by atoms with Crippen LogP contribution in [0.3, 0.4) is 0 Å². The minimum Gasteiger partial charge on any atom is -0.419 e. The summed E-state index contributed by atoms with van der Waals surface area (Å²) >= 11 is 7.12. The van der Waals surface area contributed by atoms with Crippen LogP contribution < -0.4 is 0 Å². The van der Waals surface area contributed by atoms with E-state index in [2.05, 4.69) is 60.0 Å². The molecule has 3 aromatic heterocycles. The van der Waals surface area contributed by atoms with Crippen LogP contribution in [0.2, 0.25) is 0 Å². The highest BCUT2D eigenvalue weighted by molar-refractivity contribution is 9.10. The van der Waals surface area contributed by atoms with Crippen molar-refractivity contribution in [2.24, 2.45) is 0 Å². The third-order valence-corrected chi connectivity index (χ3v) is 7.22. The molecule has 1 aliphatic heterocycles. The van der Waals surface area contributed by atoms with Crippen LogP contribution >= 0.6 is 38.6 Å². The van der Waals surface area contributed by atoms with Crippen molar-refractivity contribution in [3.8, 4) is 11.5 Å². The maximum Gasteiger partial charge on any atom is 0.247 e. The van der Waals surface area contributed by atoms with Gasteiger partial charge in [-0.2, -0.15) is 0 Å². The molecule has 27 heavy (non-hydrogen) atoms. The Hall–Kier alpha value is -1.80. The molecule has 0 bridgehead atoms. The number of halogens is 1. The van der Waals surface area contributed by atoms with Gasteiger partial charge in [0, 0.05) is 26.3 Å². The molecule has 7 heteroatoms. The fourth-order valence-corrected chi connectivity index (χ4v) is 5.56. The molecule has 1 aliphatic rings. The second-order valence-electron chi connectivity index (χ2n) is 6.45. The summed E-state index contributed by atoms with van der Waals surface area (Å²) < 4.78 is 7.01. The van der Waals surface area contributed by atoms with Crippen molar-refractivity contribution in [3.63, 3.8) is 0 Å². The quantitative estimate of drug-likeness (QED) is 0.390. The topological polar surface area (TPSA) is 42.2 Å². The molecule has 0 amide bonds. The van der Waals surface area contributed by atoms with E-state index in [1.807, 2.05) is 35.6 Å². The molecule has 5 rings (SSSR count). The summed E-state index contributed by atoms with van der Waals surface area (Å²) in [5.74, 6) is 1.23. The molecule has 1 aromatic carbocycles. The van der Waals surface area contributed by atoms with Crippen LogP contribution in [0, 0.1) is 0 Å². The van der Waals surface area contributed by atoms with Crippen LogP contribution in [-0.2, 0) is 13.0 Å². The van der Waals surface area contributed by atoms with E-state index in [-0.39, 0.29) is 6.04 Å². The molecule has 4 heterocycles. The number of hydrogen-bond acceptors (Lipinski definition) is 6. The van der Waals surface area contributed by atoms with E-state index < -0.39 is 0 Å². The molecule has 4 aromatic rings. The summed E-state index contributed by atoms with van der Waals surface area (Å²) in [5, 5.41) is 12.9. The maximum atomic E-state index is 5.97. The van der Waals surface area contributed by atoms with E-state index in [1.165, 1.54) is 15.3 Å². The van der Waals surface area contributed by atoms with Crippen LogP contribution in [0.25, 0.3) is 11.5 Å². The second-order valence-corrected chi connectivity index (χ2v) is 9.34. The van der Waals surface area contributed by atoms with Crippen molar-refractivity contribution in [2.45, 2.75) is 19.0 Å². The number of thiophene rings is 2. The molecule has 0 aliphatic carbocycles. The number of benzene rings is 1. The van der Waals surface area contributed by atoms with Crippen LogP contribution in [-0.4, -0.2) is 21.6 Å². The van der Waals surface area contributed by atoms with Crippen molar-refractivity contribution in [1.82, 2.24) is 15.1 Å². The van der Waals surface area contributed by atoms with Gasteiger partial charge in [0.25, 0.3) is 0 Å². The first kappa shape index (κ1) is 17.3. The summed E-state index contributed by atoms with van der Waals surface area (Å²) in [7, 11) is 0. The summed E-state index contributed by atoms with van der Waals surface area (Å²) in [6.45, 7) is 1.65. The molecular formula is C20H16BrN3OS2. The number of nitrogens with zero attached hydrogens (tertiary/aromatic N) is 3. The molecule has 136 valence electrons.